The van der Waals surface area contributed by atoms with Gasteiger partial charge in [-0.3, -0.25) is 20.4 Å². The van der Waals surface area contributed by atoms with E-state index in [-0.39, 0.29) is 23.6 Å². The first-order valence-corrected chi connectivity index (χ1v) is 7.54. The summed E-state index contributed by atoms with van der Waals surface area (Å²) in [6.07, 6.45) is 0.573. The summed E-state index contributed by atoms with van der Waals surface area (Å²) in [5.74, 6) is -1.52. The fourth-order valence-corrected chi connectivity index (χ4v) is 2.61. The standard InChI is InChI=1S/C17H14ClFN2O2/c18-11-7-5-10(6-8-11)16(22)20-21-17(23)14-9-13(14)12-3-1-2-4-15(12)19/h1-8,13-14H,9H2,(H,20,22)(H,21,23). The molecular formula is C17H14ClFN2O2. The third-order valence-corrected chi connectivity index (χ3v) is 4.09. The molecule has 4 nitrogen and oxygen atoms in total. The molecule has 0 bridgehead atoms. The van der Waals surface area contributed by atoms with Crippen LogP contribution in [0.4, 0.5) is 4.39 Å². The number of hydrogen-bond donors (Lipinski definition) is 2. The Labute approximate surface area is 137 Å². The summed E-state index contributed by atoms with van der Waals surface area (Å²) in [5, 5.41) is 0.524. The number of rotatable bonds is 3. The van der Waals surface area contributed by atoms with E-state index in [1.807, 2.05) is 0 Å². The van der Waals surface area contributed by atoms with Gasteiger partial charge in [-0.05, 0) is 48.2 Å². The Morgan fingerprint density at radius 3 is 2.43 bits per heavy atom. The lowest BCUT2D eigenvalue weighted by atomic mass is 10.1. The van der Waals surface area contributed by atoms with Crippen molar-refractivity contribution in [3.63, 3.8) is 0 Å². The van der Waals surface area contributed by atoms with E-state index in [0.29, 0.717) is 22.6 Å². The van der Waals surface area contributed by atoms with Gasteiger partial charge in [0, 0.05) is 16.5 Å². The van der Waals surface area contributed by atoms with E-state index in [1.165, 1.54) is 6.07 Å². The first kappa shape index (κ1) is 15.5. The second-order valence-electron chi connectivity index (χ2n) is 5.42. The zero-order valence-electron chi connectivity index (χ0n) is 12.1. The van der Waals surface area contributed by atoms with E-state index < -0.39 is 5.91 Å². The van der Waals surface area contributed by atoms with E-state index in [1.54, 1.807) is 42.5 Å². The van der Waals surface area contributed by atoms with E-state index in [2.05, 4.69) is 10.9 Å². The highest BCUT2D eigenvalue weighted by Gasteiger charge is 2.45. The maximum atomic E-state index is 13.7. The summed E-state index contributed by atoms with van der Waals surface area (Å²) in [5.41, 5.74) is 5.66. The minimum atomic E-state index is -0.432. The Hall–Kier alpha value is -2.40. The van der Waals surface area contributed by atoms with Gasteiger partial charge in [0.25, 0.3) is 5.91 Å². The minimum Gasteiger partial charge on any atom is -0.273 e. The summed E-state index contributed by atoms with van der Waals surface area (Å²) in [4.78, 5) is 23.9. The van der Waals surface area contributed by atoms with Crippen LogP contribution < -0.4 is 10.9 Å². The summed E-state index contributed by atoms with van der Waals surface area (Å²) in [6, 6.07) is 12.7. The number of carbonyl (C=O) groups is 2. The molecule has 1 saturated carbocycles. The van der Waals surface area contributed by atoms with Crippen molar-refractivity contribution >= 4 is 23.4 Å². The van der Waals surface area contributed by atoms with Crippen LogP contribution >= 0.6 is 11.6 Å². The van der Waals surface area contributed by atoms with Crippen LogP contribution in [0.1, 0.15) is 28.3 Å². The van der Waals surface area contributed by atoms with Gasteiger partial charge in [0.05, 0.1) is 0 Å². The van der Waals surface area contributed by atoms with Gasteiger partial charge in [-0.2, -0.15) is 0 Å². The Morgan fingerprint density at radius 2 is 1.74 bits per heavy atom. The van der Waals surface area contributed by atoms with Crippen molar-refractivity contribution < 1.29 is 14.0 Å². The molecule has 3 rings (SSSR count). The number of hydrogen-bond acceptors (Lipinski definition) is 2. The largest absolute Gasteiger partial charge is 0.273 e. The maximum absolute atomic E-state index is 13.7. The summed E-state index contributed by atoms with van der Waals surface area (Å²) >= 11 is 5.75. The van der Waals surface area contributed by atoms with Crippen LogP contribution in [0.2, 0.25) is 5.02 Å². The Bertz CT molecular complexity index is 749. The van der Waals surface area contributed by atoms with Crippen molar-refractivity contribution in [2.24, 2.45) is 5.92 Å². The molecule has 2 unspecified atom stereocenters. The second-order valence-corrected chi connectivity index (χ2v) is 5.86. The van der Waals surface area contributed by atoms with Crippen LogP contribution in [0.3, 0.4) is 0 Å². The van der Waals surface area contributed by atoms with Crippen LogP contribution in [0.15, 0.2) is 48.5 Å². The van der Waals surface area contributed by atoms with Gasteiger partial charge in [0.2, 0.25) is 5.91 Å². The van der Waals surface area contributed by atoms with Gasteiger partial charge in [-0.15, -0.1) is 0 Å². The Morgan fingerprint density at radius 1 is 1.04 bits per heavy atom. The van der Waals surface area contributed by atoms with E-state index in [4.69, 9.17) is 11.6 Å². The third-order valence-electron chi connectivity index (χ3n) is 3.84. The molecule has 2 amide bonds. The smallest absolute Gasteiger partial charge is 0.269 e. The molecule has 0 heterocycles. The lowest BCUT2D eigenvalue weighted by molar-refractivity contribution is -0.123. The molecule has 0 spiro atoms. The zero-order valence-corrected chi connectivity index (χ0v) is 12.8. The van der Waals surface area contributed by atoms with Crippen LogP contribution in [0.25, 0.3) is 0 Å². The molecule has 2 aromatic rings. The number of halogens is 2. The Kier molecular flexibility index (Phi) is 4.30. The fourth-order valence-electron chi connectivity index (χ4n) is 2.49. The predicted molar refractivity (Wildman–Crippen MR) is 84.3 cm³/mol. The first-order valence-electron chi connectivity index (χ1n) is 7.16. The first-order chi connectivity index (χ1) is 11.1. The molecule has 0 aromatic heterocycles. The summed E-state index contributed by atoms with van der Waals surface area (Å²) in [7, 11) is 0. The van der Waals surface area contributed by atoms with E-state index in [9.17, 15) is 14.0 Å². The molecule has 2 atom stereocenters. The Balaban J connectivity index is 1.54. The molecule has 1 fully saturated rings. The minimum absolute atomic E-state index is 0.136. The number of nitrogens with one attached hydrogen (secondary N) is 2. The third kappa shape index (κ3) is 3.51. The highest BCUT2D eigenvalue weighted by atomic mass is 35.5. The van der Waals surface area contributed by atoms with Crippen molar-refractivity contribution in [2.75, 3.05) is 0 Å². The lowest BCUT2D eigenvalue weighted by Crippen LogP contribution is -2.42. The normalized spacial score (nSPS) is 19.0. The van der Waals surface area contributed by atoms with Gasteiger partial charge in [0.1, 0.15) is 5.82 Å². The quantitative estimate of drug-likeness (QED) is 0.849. The van der Waals surface area contributed by atoms with Crippen LogP contribution in [0, 0.1) is 11.7 Å². The van der Waals surface area contributed by atoms with Crippen molar-refractivity contribution in [1.29, 1.82) is 0 Å². The van der Waals surface area contributed by atoms with Crippen molar-refractivity contribution in [3.8, 4) is 0 Å². The van der Waals surface area contributed by atoms with Crippen LogP contribution in [-0.2, 0) is 4.79 Å². The lowest BCUT2D eigenvalue weighted by Gasteiger charge is -2.07. The molecule has 2 N–H and O–H groups in total. The summed E-state index contributed by atoms with van der Waals surface area (Å²) < 4.78 is 13.7. The molecule has 2 aromatic carbocycles. The zero-order chi connectivity index (χ0) is 16.4. The number of benzene rings is 2. The average molecular weight is 333 g/mol. The second kappa shape index (κ2) is 6.38. The molecule has 6 heteroatoms. The molecule has 118 valence electrons. The fraction of sp³-hybridized carbons (Fsp3) is 0.176. The maximum Gasteiger partial charge on any atom is 0.269 e. The molecular weight excluding hydrogens is 319 g/mol. The molecule has 0 radical (unpaired) electrons. The van der Waals surface area contributed by atoms with Gasteiger partial charge >= 0.3 is 0 Å². The van der Waals surface area contributed by atoms with Crippen molar-refractivity contribution in [3.05, 3.63) is 70.5 Å². The summed E-state index contributed by atoms with van der Waals surface area (Å²) in [6.45, 7) is 0. The van der Waals surface area contributed by atoms with Gasteiger partial charge in [-0.1, -0.05) is 29.8 Å². The van der Waals surface area contributed by atoms with Gasteiger partial charge in [-0.25, -0.2) is 4.39 Å². The number of carbonyl (C=O) groups excluding carboxylic acids is 2. The molecule has 1 aliphatic rings. The molecule has 23 heavy (non-hydrogen) atoms. The van der Waals surface area contributed by atoms with E-state index in [0.717, 1.165) is 0 Å². The predicted octanol–water partition coefficient (Wildman–Crippen LogP) is 3.04. The number of amides is 2. The van der Waals surface area contributed by atoms with Crippen LogP contribution in [-0.4, -0.2) is 11.8 Å². The molecule has 1 aliphatic carbocycles. The average Bonchev–Trinajstić information content (AvgIpc) is 3.34. The van der Waals surface area contributed by atoms with Crippen molar-refractivity contribution in [1.82, 2.24) is 10.9 Å². The number of hydrazine groups is 1. The molecule has 0 aliphatic heterocycles. The van der Waals surface area contributed by atoms with Crippen molar-refractivity contribution in [2.45, 2.75) is 12.3 Å². The van der Waals surface area contributed by atoms with E-state index >= 15 is 0 Å². The molecule has 0 saturated heterocycles. The highest BCUT2D eigenvalue weighted by Crippen LogP contribution is 2.48. The van der Waals surface area contributed by atoms with Gasteiger partial charge < -0.3 is 0 Å². The van der Waals surface area contributed by atoms with Gasteiger partial charge in [0.15, 0.2) is 0 Å². The highest BCUT2D eigenvalue weighted by molar-refractivity contribution is 6.30. The topological polar surface area (TPSA) is 58.2 Å². The SMILES string of the molecule is O=C(NNC(=O)C1CC1c1ccccc1F)c1ccc(Cl)cc1. The van der Waals surface area contributed by atoms with Crippen LogP contribution in [0.5, 0.6) is 0 Å². The monoisotopic (exact) mass is 332 g/mol.